The first-order chi connectivity index (χ1) is 9.02. The maximum absolute atomic E-state index is 13.7. The van der Waals surface area contributed by atoms with Crippen molar-refractivity contribution < 1.29 is 9.18 Å². The number of benzene rings is 1. The fourth-order valence-electron chi connectivity index (χ4n) is 1.49. The molecule has 1 aromatic heterocycles. The highest BCUT2D eigenvalue weighted by Crippen LogP contribution is 2.23. The smallest absolute Gasteiger partial charge is 0.156 e. The van der Waals surface area contributed by atoms with E-state index in [1.54, 1.807) is 12.1 Å². The number of hydrogen-bond acceptors (Lipinski definition) is 3. The van der Waals surface area contributed by atoms with Crippen LogP contribution in [-0.4, -0.2) is 16.3 Å². The maximum Gasteiger partial charge on any atom is 0.156 e. The third-order valence-corrected chi connectivity index (χ3v) is 3.27. The van der Waals surface area contributed by atoms with Gasteiger partial charge in [-0.25, -0.2) is 14.4 Å². The van der Waals surface area contributed by atoms with Crippen LogP contribution in [0.1, 0.15) is 21.7 Å². The third-order valence-electron chi connectivity index (χ3n) is 2.40. The normalized spacial score (nSPS) is 10.5. The average molecular weight is 320 g/mol. The predicted octanol–water partition coefficient (Wildman–Crippen LogP) is 3.98. The monoisotopic (exact) mass is 318 g/mol. The van der Waals surface area contributed by atoms with E-state index in [2.05, 4.69) is 9.97 Å². The van der Waals surface area contributed by atoms with Crippen LogP contribution in [0.5, 0.6) is 0 Å². The molecule has 0 bridgehead atoms. The molecular formula is C12H6Cl3FN2O. The molecule has 98 valence electrons. The largest absolute Gasteiger partial charge is 0.298 e. The topological polar surface area (TPSA) is 42.9 Å². The van der Waals surface area contributed by atoms with Crippen LogP contribution in [0.25, 0.3) is 0 Å². The molecule has 0 unspecified atom stereocenters. The highest BCUT2D eigenvalue weighted by Gasteiger charge is 2.13. The zero-order chi connectivity index (χ0) is 14.0. The standard InChI is InChI=1S/C12H6Cl3FN2O/c13-8-3-1-2-6(10(8)16)4-9-17-11(14)7(5-19)12(15)18-9/h1-3,5H,4H2. The Hall–Kier alpha value is -1.23. The molecule has 0 aliphatic carbocycles. The minimum Gasteiger partial charge on any atom is -0.298 e. The summed E-state index contributed by atoms with van der Waals surface area (Å²) in [6.45, 7) is 0. The Labute approximate surface area is 123 Å². The number of aldehydes is 1. The van der Waals surface area contributed by atoms with Crippen LogP contribution in [0.3, 0.4) is 0 Å². The van der Waals surface area contributed by atoms with Gasteiger partial charge in [-0.3, -0.25) is 4.79 Å². The molecule has 0 saturated heterocycles. The van der Waals surface area contributed by atoms with Gasteiger partial charge in [0, 0.05) is 6.42 Å². The van der Waals surface area contributed by atoms with E-state index in [1.807, 2.05) is 0 Å². The van der Waals surface area contributed by atoms with Gasteiger partial charge in [0.25, 0.3) is 0 Å². The molecule has 2 aromatic rings. The van der Waals surface area contributed by atoms with Gasteiger partial charge >= 0.3 is 0 Å². The Balaban J connectivity index is 2.39. The summed E-state index contributed by atoms with van der Waals surface area (Å²) in [5, 5.41) is -0.112. The van der Waals surface area contributed by atoms with Gasteiger partial charge < -0.3 is 0 Å². The summed E-state index contributed by atoms with van der Waals surface area (Å²) in [4.78, 5) is 18.5. The molecular weight excluding hydrogens is 314 g/mol. The Bertz CT molecular complexity index is 626. The van der Waals surface area contributed by atoms with E-state index in [-0.39, 0.29) is 33.1 Å². The summed E-state index contributed by atoms with van der Waals surface area (Å²) in [6, 6.07) is 4.61. The van der Waals surface area contributed by atoms with Crippen LogP contribution in [0.15, 0.2) is 18.2 Å². The van der Waals surface area contributed by atoms with Crippen LogP contribution in [-0.2, 0) is 6.42 Å². The molecule has 0 amide bonds. The molecule has 0 saturated carbocycles. The number of halogens is 4. The second-order valence-electron chi connectivity index (χ2n) is 3.64. The Morgan fingerprint density at radius 1 is 1.16 bits per heavy atom. The van der Waals surface area contributed by atoms with Gasteiger partial charge in [0.2, 0.25) is 0 Å². The number of aromatic nitrogens is 2. The van der Waals surface area contributed by atoms with Crippen molar-refractivity contribution in [3.05, 3.63) is 56.3 Å². The lowest BCUT2D eigenvalue weighted by molar-refractivity contribution is 0.112. The van der Waals surface area contributed by atoms with E-state index in [1.165, 1.54) is 6.07 Å². The Morgan fingerprint density at radius 2 is 1.79 bits per heavy atom. The summed E-state index contributed by atoms with van der Waals surface area (Å²) in [7, 11) is 0. The van der Waals surface area contributed by atoms with Crippen molar-refractivity contribution in [1.82, 2.24) is 9.97 Å². The van der Waals surface area contributed by atoms with E-state index in [0.29, 0.717) is 11.8 Å². The van der Waals surface area contributed by atoms with Crippen molar-refractivity contribution in [1.29, 1.82) is 0 Å². The van der Waals surface area contributed by atoms with Crippen LogP contribution in [0.4, 0.5) is 4.39 Å². The summed E-state index contributed by atoms with van der Waals surface area (Å²) in [5.41, 5.74) is 0.331. The first-order valence-corrected chi connectivity index (χ1v) is 6.26. The number of carbonyl (C=O) groups is 1. The van der Waals surface area contributed by atoms with Gasteiger partial charge in [-0.1, -0.05) is 46.9 Å². The van der Waals surface area contributed by atoms with Gasteiger partial charge in [-0.15, -0.1) is 0 Å². The first kappa shape index (κ1) is 14.2. The van der Waals surface area contributed by atoms with Crippen molar-refractivity contribution in [2.24, 2.45) is 0 Å². The van der Waals surface area contributed by atoms with E-state index >= 15 is 0 Å². The van der Waals surface area contributed by atoms with Gasteiger partial charge in [-0.2, -0.15) is 0 Å². The maximum atomic E-state index is 13.7. The molecule has 7 heteroatoms. The Morgan fingerprint density at radius 3 is 2.37 bits per heavy atom. The fourth-order valence-corrected chi connectivity index (χ4v) is 2.19. The molecule has 0 spiro atoms. The van der Waals surface area contributed by atoms with Gasteiger partial charge in [0.15, 0.2) is 6.29 Å². The highest BCUT2D eigenvalue weighted by atomic mass is 35.5. The van der Waals surface area contributed by atoms with Crippen LogP contribution in [0.2, 0.25) is 15.3 Å². The molecule has 19 heavy (non-hydrogen) atoms. The molecule has 1 heterocycles. The quantitative estimate of drug-likeness (QED) is 0.635. The number of carbonyl (C=O) groups excluding carboxylic acids is 1. The van der Waals surface area contributed by atoms with Crippen molar-refractivity contribution >= 4 is 41.1 Å². The zero-order valence-electron chi connectivity index (χ0n) is 9.33. The fraction of sp³-hybridized carbons (Fsp3) is 0.0833. The SMILES string of the molecule is O=Cc1c(Cl)nc(Cc2cccc(Cl)c2F)nc1Cl. The summed E-state index contributed by atoms with van der Waals surface area (Å²) < 4.78 is 13.7. The molecule has 0 fully saturated rings. The van der Waals surface area contributed by atoms with Crippen molar-refractivity contribution in [2.45, 2.75) is 6.42 Å². The van der Waals surface area contributed by atoms with Gasteiger partial charge in [0.05, 0.1) is 10.6 Å². The molecule has 0 radical (unpaired) electrons. The van der Waals surface area contributed by atoms with Crippen molar-refractivity contribution in [3.63, 3.8) is 0 Å². The van der Waals surface area contributed by atoms with E-state index in [9.17, 15) is 9.18 Å². The van der Waals surface area contributed by atoms with E-state index in [0.717, 1.165) is 0 Å². The molecule has 2 rings (SSSR count). The molecule has 0 aliphatic rings. The van der Waals surface area contributed by atoms with Crippen LogP contribution < -0.4 is 0 Å². The molecule has 0 atom stereocenters. The number of hydrogen-bond donors (Lipinski definition) is 0. The van der Waals surface area contributed by atoms with Gasteiger partial charge in [0.1, 0.15) is 21.9 Å². The molecule has 0 N–H and O–H groups in total. The summed E-state index contributed by atoms with van der Waals surface area (Å²) >= 11 is 17.2. The van der Waals surface area contributed by atoms with Crippen LogP contribution >= 0.6 is 34.8 Å². The van der Waals surface area contributed by atoms with Crippen molar-refractivity contribution in [2.75, 3.05) is 0 Å². The molecule has 0 aliphatic heterocycles. The second-order valence-corrected chi connectivity index (χ2v) is 4.77. The van der Waals surface area contributed by atoms with E-state index in [4.69, 9.17) is 34.8 Å². The first-order valence-electron chi connectivity index (χ1n) is 5.13. The second kappa shape index (κ2) is 5.82. The lowest BCUT2D eigenvalue weighted by Crippen LogP contribution is -2.02. The van der Waals surface area contributed by atoms with Gasteiger partial charge in [-0.05, 0) is 11.6 Å². The average Bonchev–Trinajstić information content (AvgIpc) is 2.35. The summed E-state index contributed by atoms with van der Waals surface area (Å²) in [6.07, 6.45) is 0.541. The lowest BCUT2D eigenvalue weighted by Gasteiger charge is -2.06. The highest BCUT2D eigenvalue weighted by molar-refractivity contribution is 6.37. The molecule has 1 aromatic carbocycles. The number of rotatable bonds is 3. The molecule has 3 nitrogen and oxygen atoms in total. The number of nitrogens with zero attached hydrogens (tertiary/aromatic N) is 2. The summed E-state index contributed by atoms with van der Waals surface area (Å²) in [5.74, 6) is -0.332. The van der Waals surface area contributed by atoms with Crippen molar-refractivity contribution in [3.8, 4) is 0 Å². The third kappa shape index (κ3) is 3.03. The van der Waals surface area contributed by atoms with Crippen LogP contribution in [0, 0.1) is 5.82 Å². The Kier molecular flexibility index (Phi) is 4.34. The lowest BCUT2D eigenvalue weighted by atomic mass is 10.1. The van der Waals surface area contributed by atoms with E-state index < -0.39 is 5.82 Å². The minimum absolute atomic E-state index is 0.0126. The predicted molar refractivity (Wildman–Crippen MR) is 71.7 cm³/mol. The zero-order valence-corrected chi connectivity index (χ0v) is 11.6. The minimum atomic E-state index is -0.542.